The molecule has 0 aliphatic heterocycles. The molecule has 0 atom stereocenters. The molecule has 0 saturated carbocycles. The summed E-state index contributed by atoms with van der Waals surface area (Å²) in [6.07, 6.45) is 0. The average molecular weight is 343 g/mol. The Hall–Kier alpha value is -2.92. The predicted octanol–water partition coefficient (Wildman–Crippen LogP) is 3.21. The molecule has 2 aromatic rings. The third-order valence-electron chi connectivity index (χ3n) is 3.76. The highest BCUT2D eigenvalue weighted by Crippen LogP contribution is 2.38. The first-order valence-electron chi connectivity index (χ1n) is 6.96. The van der Waals surface area contributed by atoms with Crippen molar-refractivity contribution in [2.75, 3.05) is 7.11 Å². The van der Waals surface area contributed by atoms with Crippen molar-refractivity contribution in [3.05, 3.63) is 69.8 Å². The fraction of sp³-hybridized carbons (Fsp3) is 0.0556. The number of aromatic hydroxyl groups is 1. The van der Waals surface area contributed by atoms with Crippen LogP contribution in [0.3, 0.4) is 0 Å². The Morgan fingerprint density at radius 3 is 2.38 bits per heavy atom. The molecule has 0 amide bonds. The van der Waals surface area contributed by atoms with Crippen LogP contribution in [0.4, 0.5) is 0 Å². The van der Waals surface area contributed by atoms with Gasteiger partial charge in [0, 0.05) is 11.1 Å². The second-order valence-corrected chi connectivity index (χ2v) is 5.46. The molecule has 2 aromatic carbocycles. The Bertz CT molecular complexity index is 927. The van der Waals surface area contributed by atoms with Crippen LogP contribution in [0.2, 0.25) is 0 Å². The quantitative estimate of drug-likeness (QED) is 0.848. The summed E-state index contributed by atoms with van der Waals surface area (Å²) in [4.78, 5) is 37.3. The third-order valence-corrected chi connectivity index (χ3v) is 4.12. The minimum atomic E-state index is -0.668. The maximum atomic E-state index is 12.8. The van der Waals surface area contributed by atoms with E-state index in [9.17, 15) is 19.5 Å². The first-order chi connectivity index (χ1) is 11.5. The van der Waals surface area contributed by atoms with Crippen LogP contribution in [0.25, 0.3) is 5.57 Å². The van der Waals surface area contributed by atoms with E-state index in [0.29, 0.717) is 0 Å². The molecule has 1 aliphatic carbocycles. The number of hydrogen-bond acceptors (Lipinski definition) is 5. The molecule has 1 aliphatic rings. The Labute approximate surface area is 142 Å². The minimum absolute atomic E-state index is 0.0408. The van der Waals surface area contributed by atoms with E-state index in [-0.39, 0.29) is 38.6 Å². The van der Waals surface area contributed by atoms with Gasteiger partial charge < -0.3 is 9.84 Å². The van der Waals surface area contributed by atoms with Crippen LogP contribution in [0.1, 0.15) is 36.6 Å². The number of Topliss-reactive ketones (excluding diaryl/α,β-unsaturated/α-hetero) is 2. The van der Waals surface area contributed by atoms with Crippen molar-refractivity contribution < 1.29 is 24.2 Å². The van der Waals surface area contributed by atoms with E-state index < -0.39 is 17.5 Å². The van der Waals surface area contributed by atoms with Crippen LogP contribution in [0.15, 0.2) is 47.5 Å². The van der Waals surface area contributed by atoms with Crippen molar-refractivity contribution in [1.29, 1.82) is 0 Å². The maximum Gasteiger partial charge on any atom is 0.338 e. The molecule has 6 heteroatoms. The normalized spacial score (nSPS) is 13.8. The number of fused-ring (bicyclic) bond motifs is 1. The number of halogens is 1. The molecule has 5 nitrogen and oxygen atoms in total. The van der Waals surface area contributed by atoms with E-state index in [1.807, 2.05) is 0 Å². The van der Waals surface area contributed by atoms with Gasteiger partial charge in [0.1, 0.15) is 10.8 Å². The van der Waals surface area contributed by atoms with Crippen LogP contribution in [-0.4, -0.2) is 29.8 Å². The summed E-state index contributed by atoms with van der Waals surface area (Å²) in [6, 6.07) is 10.4. The van der Waals surface area contributed by atoms with Crippen LogP contribution < -0.4 is 0 Å². The average Bonchev–Trinajstić information content (AvgIpc) is 2.59. The smallest absolute Gasteiger partial charge is 0.338 e. The molecule has 0 fully saturated rings. The van der Waals surface area contributed by atoms with E-state index in [0.717, 1.165) is 0 Å². The van der Waals surface area contributed by atoms with Crippen molar-refractivity contribution in [3.63, 3.8) is 0 Å². The Morgan fingerprint density at radius 1 is 1.00 bits per heavy atom. The zero-order valence-corrected chi connectivity index (χ0v) is 13.3. The lowest BCUT2D eigenvalue weighted by molar-refractivity contribution is 0.0600. The summed E-state index contributed by atoms with van der Waals surface area (Å²) < 4.78 is 4.71. The number of ketones is 2. The van der Waals surface area contributed by atoms with Gasteiger partial charge in [-0.2, -0.15) is 0 Å². The van der Waals surface area contributed by atoms with E-state index in [4.69, 9.17) is 16.3 Å². The number of hydrogen-bond donors (Lipinski definition) is 1. The number of esters is 1. The van der Waals surface area contributed by atoms with Gasteiger partial charge in [0.25, 0.3) is 0 Å². The van der Waals surface area contributed by atoms with Crippen molar-refractivity contribution in [1.82, 2.24) is 0 Å². The number of carbonyl (C=O) groups is 3. The number of rotatable bonds is 2. The molecule has 0 bridgehead atoms. The lowest BCUT2D eigenvalue weighted by atomic mass is 9.84. The van der Waals surface area contributed by atoms with E-state index in [2.05, 4.69) is 0 Å². The molecule has 0 saturated heterocycles. The number of ether oxygens (including phenoxy) is 1. The Morgan fingerprint density at radius 2 is 1.67 bits per heavy atom. The molecule has 0 spiro atoms. The van der Waals surface area contributed by atoms with E-state index in [1.54, 1.807) is 12.1 Å². The summed E-state index contributed by atoms with van der Waals surface area (Å²) in [5.74, 6) is -2.17. The third kappa shape index (κ3) is 2.30. The molecule has 0 aromatic heterocycles. The summed E-state index contributed by atoms with van der Waals surface area (Å²) in [7, 11) is 1.22. The first kappa shape index (κ1) is 16.0. The van der Waals surface area contributed by atoms with E-state index >= 15 is 0 Å². The number of allylic oxidation sites excluding steroid dienone is 2. The molecule has 0 radical (unpaired) electrons. The fourth-order valence-corrected chi connectivity index (χ4v) is 2.94. The SMILES string of the molecule is COC(=O)c1ccccc1C1=C(Cl)C(=O)c2c(O)cccc2C1=O. The minimum Gasteiger partial charge on any atom is -0.507 e. The number of benzene rings is 2. The van der Waals surface area contributed by atoms with Crippen molar-refractivity contribution >= 4 is 34.7 Å². The van der Waals surface area contributed by atoms with Crippen molar-refractivity contribution in [2.45, 2.75) is 0 Å². The second-order valence-electron chi connectivity index (χ2n) is 5.08. The van der Waals surface area contributed by atoms with Gasteiger partial charge in [0.15, 0.2) is 5.78 Å². The second kappa shape index (κ2) is 5.94. The lowest BCUT2D eigenvalue weighted by Gasteiger charge is -2.20. The summed E-state index contributed by atoms with van der Waals surface area (Å²) in [6.45, 7) is 0. The van der Waals surface area contributed by atoms with Gasteiger partial charge in [0.2, 0.25) is 5.78 Å². The van der Waals surface area contributed by atoms with Crippen LogP contribution in [0, 0.1) is 0 Å². The van der Waals surface area contributed by atoms with Crippen molar-refractivity contribution in [3.8, 4) is 5.75 Å². The molecular formula is C18H11ClO5. The highest BCUT2D eigenvalue weighted by atomic mass is 35.5. The Kier molecular flexibility index (Phi) is 3.95. The summed E-state index contributed by atoms with van der Waals surface area (Å²) in [5.41, 5.74) is 0.159. The zero-order chi connectivity index (χ0) is 17.4. The van der Waals surface area contributed by atoms with Crippen LogP contribution in [0.5, 0.6) is 5.75 Å². The number of carbonyl (C=O) groups excluding carboxylic acids is 3. The molecule has 0 heterocycles. The van der Waals surface area contributed by atoms with Gasteiger partial charge in [-0.3, -0.25) is 9.59 Å². The van der Waals surface area contributed by atoms with Gasteiger partial charge in [0.05, 0.1) is 23.8 Å². The fourth-order valence-electron chi connectivity index (χ4n) is 2.66. The van der Waals surface area contributed by atoms with E-state index in [1.165, 1.54) is 37.4 Å². The molecule has 24 heavy (non-hydrogen) atoms. The number of phenols is 1. The van der Waals surface area contributed by atoms with Crippen LogP contribution in [-0.2, 0) is 4.74 Å². The molecular weight excluding hydrogens is 332 g/mol. The Balaban J connectivity index is 2.28. The number of methoxy groups -OCH3 is 1. The first-order valence-corrected chi connectivity index (χ1v) is 7.34. The van der Waals surface area contributed by atoms with Gasteiger partial charge in [-0.15, -0.1) is 0 Å². The molecule has 120 valence electrons. The van der Waals surface area contributed by atoms with Gasteiger partial charge in [-0.25, -0.2) is 4.79 Å². The van der Waals surface area contributed by atoms with Gasteiger partial charge in [-0.05, 0) is 12.1 Å². The van der Waals surface area contributed by atoms with Crippen molar-refractivity contribution in [2.24, 2.45) is 0 Å². The molecule has 3 rings (SSSR count). The predicted molar refractivity (Wildman–Crippen MR) is 87.3 cm³/mol. The monoisotopic (exact) mass is 342 g/mol. The largest absolute Gasteiger partial charge is 0.507 e. The standard InChI is InChI=1S/C18H11ClO5/c1-24-18(23)10-6-3-2-5-9(10)14-15(19)17(22)13-11(16(14)21)7-4-8-12(13)20/h2-8,20H,1H3. The number of phenolic OH excluding ortho intramolecular Hbond substituents is 1. The topological polar surface area (TPSA) is 80.7 Å². The summed E-state index contributed by atoms with van der Waals surface area (Å²) in [5, 5.41) is 9.53. The highest BCUT2D eigenvalue weighted by Gasteiger charge is 2.35. The lowest BCUT2D eigenvalue weighted by Crippen LogP contribution is -2.21. The maximum absolute atomic E-state index is 12.8. The van der Waals surface area contributed by atoms with Gasteiger partial charge in [-0.1, -0.05) is 41.9 Å². The van der Waals surface area contributed by atoms with Crippen LogP contribution >= 0.6 is 11.6 Å². The summed E-state index contributed by atoms with van der Waals surface area (Å²) >= 11 is 6.13. The highest BCUT2D eigenvalue weighted by molar-refractivity contribution is 6.57. The molecule has 1 N–H and O–H groups in total. The zero-order valence-electron chi connectivity index (χ0n) is 12.5. The van der Waals surface area contributed by atoms with Gasteiger partial charge >= 0.3 is 5.97 Å². The molecule has 0 unspecified atom stereocenters.